The molecule has 1 saturated heterocycles. The van der Waals surface area contributed by atoms with Crippen LogP contribution in [0.1, 0.15) is 25.7 Å². The molecule has 1 aromatic heterocycles. The van der Waals surface area contributed by atoms with Gasteiger partial charge in [0.25, 0.3) is 5.69 Å². The van der Waals surface area contributed by atoms with Crippen molar-refractivity contribution in [2.24, 2.45) is 5.92 Å². The summed E-state index contributed by atoms with van der Waals surface area (Å²) < 4.78 is 0. The Balaban J connectivity index is 1.87. The number of nitro groups is 1. The molecule has 9 heteroatoms. The highest BCUT2D eigenvalue weighted by Gasteiger charge is 2.26. The van der Waals surface area contributed by atoms with Crippen molar-refractivity contribution in [2.45, 2.75) is 25.7 Å². The number of carbonyl (C=O) groups excluding carboxylic acids is 1. The fraction of sp³-hybridized carbons (Fsp3) is 0.533. The van der Waals surface area contributed by atoms with Crippen LogP contribution in [0.2, 0.25) is 0 Å². The van der Waals surface area contributed by atoms with E-state index in [9.17, 15) is 19.7 Å². The number of hydrogen-bond donors (Lipinski definition) is 2. The maximum atomic E-state index is 12.2. The number of rotatable bonds is 7. The molecule has 9 nitrogen and oxygen atoms in total. The van der Waals surface area contributed by atoms with Crippen molar-refractivity contribution in [2.75, 3.05) is 24.5 Å². The smallest absolute Gasteiger partial charge is 0.303 e. The highest BCUT2D eigenvalue weighted by Crippen LogP contribution is 2.23. The molecule has 0 aliphatic carbocycles. The largest absolute Gasteiger partial charge is 0.481 e. The number of carboxylic acid groups (broad SMARTS) is 1. The molecule has 0 saturated carbocycles. The maximum Gasteiger partial charge on any atom is 0.303 e. The van der Waals surface area contributed by atoms with Crippen molar-refractivity contribution in [3.63, 3.8) is 0 Å². The first-order valence-corrected chi connectivity index (χ1v) is 7.82. The SMILES string of the molecule is O=C(O)CCCNC(=O)C1CCCN(c2ccc([N+](=O)[O-])cn2)C1. The Morgan fingerprint density at radius 1 is 1.46 bits per heavy atom. The van der Waals surface area contributed by atoms with Gasteiger partial charge in [0, 0.05) is 32.1 Å². The molecule has 2 N–H and O–H groups in total. The van der Waals surface area contributed by atoms with Gasteiger partial charge in [0.15, 0.2) is 0 Å². The fourth-order valence-electron chi connectivity index (χ4n) is 2.67. The summed E-state index contributed by atoms with van der Waals surface area (Å²) in [5, 5.41) is 22.0. The second kappa shape index (κ2) is 8.23. The third-order valence-electron chi connectivity index (χ3n) is 3.93. The number of aliphatic carboxylic acids is 1. The minimum Gasteiger partial charge on any atom is -0.481 e. The fourth-order valence-corrected chi connectivity index (χ4v) is 2.67. The van der Waals surface area contributed by atoms with Gasteiger partial charge in [-0.1, -0.05) is 0 Å². The molecule has 0 aromatic carbocycles. The van der Waals surface area contributed by atoms with Crippen LogP contribution in [0.25, 0.3) is 0 Å². The second-order valence-electron chi connectivity index (χ2n) is 5.71. The van der Waals surface area contributed by atoms with Crippen molar-refractivity contribution in [3.05, 3.63) is 28.4 Å². The molecule has 130 valence electrons. The lowest BCUT2D eigenvalue weighted by molar-refractivity contribution is -0.385. The van der Waals surface area contributed by atoms with Gasteiger partial charge in [0.2, 0.25) is 5.91 Å². The summed E-state index contributed by atoms with van der Waals surface area (Å²) >= 11 is 0. The van der Waals surface area contributed by atoms with Crippen LogP contribution in [0.5, 0.6) is 0 Å². The van der Waals surface area contributed by atoms with Crippen LogP contribution in [0, 0.1) is 16.0 Å². The van der Waals surface area contributed by atoms with Gasteiger partial charge in [0.1, 0.15) is 12.0 Å². The van der Waals surface area contributed by atoms with Crippen molar-refractivity contribution < 1.29 is 19.6 Å². The van der Waals surface area contributed by atoms with E-state index in [0.29, 0.717) is 25.3 Å². The molecule has 0 bridgehead atoms. The van der Waals surface area contributed by atoms with Gasteiger partial charge >= 0.3 is 5.97 Å². The topological polar surface area (TPSA) is 126 Å². The highest BCUT2D eigenvalue weighted by molar-refractivity contribution is 5.79. The lowest BCUT2D eigenvalue weighted by Crippen LogP contribution is -2.43. The standard InChI is InChI=1S/C15H20N4O5/c20-14(21)4-1-7-16-15(22)11-3-2-8-18(10-11)13-6-5-12(9-17-13)19(23)24/h5-6,9,11H,1-4,7-8,10H2,(H,16,22)(H,20,21). The number of carbonyl (C=O) groups is 2. The molecule has 2 heterocycles. The Morgan fingerprint density at radius 2 is 2.25 bits per heavy atom. The summed E-state index contributed by atoms with van der Waals surface area (Å²) in [5.41, 5.74) is -0.0662. The van der Waals surface area contributed by atoms with Crippen LogP contribution < -0.4 is 10.2 Å². The average molecular weight is 336 g/mol. The van der Waals surface area contributed by atoms with E-state index in [4.69, 9.17) is 5.11 Å². The first-order valence-electron chi connectivity index (χ1n) is 7.82. The number of nitrogens with one attached hydrogen (secondary N) is 1. The van der Waals surface area contributed by atoms with Gasteiger partial charge in [-0.3, -0.25) is 19.7 Å². The number of hydrogen-bond acceptors (Lipinski definition) is 6. The second-order valence-corrected chi connectivity index (χ2v) is 5.71. The summed E-state index contributed by atoms with van der Waals surface area (Å²) in [6.45, 7) is 1.58. The van der Waals surface area contributed by atoms with E-state index in [1.54, 1.807) is 6.07 Å². The van der Waals surface area contributed by atoms with Gasteiger partial charge < -0.3 is 15.3 Å². The zero-order chi connectivity index (χ0) is 17.5. The molecule has 1 unspecified atom stereocenters. The monoisotopic (exact) mass is 336 g/mol. The van der Waals surface area contributed by atoms with Crippen LogP contribution in [0.3, 0.4) is 0 Å². The molecule has 24 heavy (non-hydrogen) atoms. The number of pyridine rings is 1. The van der Waals surface area contributed by atoms with Crippen LogP contribution >= 0.6 is 0 Å². The van der Waals surface area contributed by atoms with Gasteiger partial charge in [-0.15, -0.1) is 0 Å². The van der Waals surface area contributed by atoms with Crippen LogP contribution in [-0.2, 0) is 9.59 Å². The Morgan fingerprint density at radius 3 is 2.88 bits per heavy atom. The summed E-state index contributed by atoms with van der Waals surface area (Å²) in [6, 6.07) is 2.99. The minimum atomic E-state index is -0.877. The van der Waals surface area contributed by atoms with Gasteiger partial charge in [-0.2, -0.15) is 0 Å². The van der Waals surface area contributed by atoms with Crippen molar-refractivity contribution in [1.82, 2.24) is 10.3 Å². The summed E-state index contributed by atoms with van der Waals surface area (Å²) in [6.07, 6.45) is 3.23. The maximum absolute atomic E-state index is 12.2. The Labute approximate surface area is 138 Å². The van der Waals surface area contributed by atoms with E-state index in [1.807, 2.05) is 4.90 Å². The number of carboxylic acids is 1. The molecule has 1 atom stereocenters. The van der Waals surface area contributed by atoms with E-state index in [2.05, 4.69) is 10.3 Å². The van der Waals surface area contributed by atoms with Crippen LogP contribution in [-0.4, -0.2) is 46.5 Å². The van der Waals surface area contributed by atoms with Crippen molar-refractivity contribution in [1.29, 1.82) is 0 Å². The number of piperidine rings is 1. The lowest BCUT2D eigenvalue weighted by atomic mass is 9.97. The lowest BCUT2D eigenvalue weighted by Gasteiger charge is -2.32. The molecular weight excluding hydrogens is 316 g/mol. The van der Waals surface area contributed by atoms with E-state index < -0.39 is 10.9 Å². The first-order chi connectivity index (χ1) is 11.5. The van der Waals surface area contributed by atoms with Crippen molar-refractivity contribution >= 4 is 23.4 Å². The predicted octanol–water partition coefficient (Wildman–Crippen LogP) is 1.19. The molecule has 0 spiro atoms. The number of aromatic nitrogens is 1. The third-order valence-corrected chi connectivity index (χ3v) is 3.93. The third kappa shape index (κ3) is 4.90. The quantitative estimate of drug-likeness (QED) is 0.435. The Hall–Kier alpha value is -2.71. The zero-order valence-electron chi connectivity index (χ0n) is 13.2. The predicted molar refractivity (Wildman–Crippen MR) is 85.7 cm³/mol. The molecule has 1 aliphatic rings. The van der Waals surface area contributed by atoms with Crippen molar-refractivity contribution in [3.8, 4) is 0 Å². The number of anilines is 1. The molecule has 1 aromatic rings. The Bertz CT molecular complexity index is 604. The van der Waals surface area contributed by atoms with E-state index in [1.165, 1.54) is 12.3 Å². The summed E-state index contributed by atoms with van der Waals surface area (Å²) in [4.78, 5) is 38.8. The van der Waals surface area contributed by atoms with Crippen LogP contribution in [0.4, 0.5) is 11.5 Å². The molecular formula is C15H20N4O5. The molecule has 1 amide bonds. The van der Waals surface area contributed by atoms with Crippen LogP contribution in [0.15, 0.2) is 18.3 Å². The normalized spacial score (nSPS) is 17.3. The number of nitrogens with zero attached hydrogens (tertiary/aromatic N) is 3. The molecule has 1 aliphatic heterocycles. The van der Waals surface area contributed by atoms with Gasteiger partial charge in [-0.05, 0) is 25.3 Å². The molecule has 2 rings (SSSR count). The summed E-state index contributed by atoms with van der Waals surface area (Å²) in [5.74, 6) is -0.547. The van der Waals surface area contributed by atoms with E-state index >= 15 is 0 Å². The van der Waals surface area contributed by atoms with E-state index in [0.717, 1.165) is 19.4 Å². The molecule has 0 radical (unpaired) electrons. The summed E-state index contributed by atoms with van der Waals surface area (Å²) in [7, 11) is 0. The highest BCUT2D eigenvalue weighted by atomic mass is 16.6. The van der Waals surface area contributed by atoms with Gasteiger partial charge in [-0.25, -0.2) is 4.98 Å². The number of amides is 1. The molecule has 1 fully saturated rings. The van der Waals surface area contributed by atoms with E-state index in [-0.39, 0.29) is 23.9 Å². The zero-order valence-corrected chi connectivity index (χ0v) is 13.2. The minimum absolute atomic E-state index is 0.0315. The first kappa shape index (κ1) is 17.6. The average Bonchev–Trinajstić information content (AvgIpc) is 2.58. The van der Waals surface area contributed by atoms with Gasteiger partial charge in [0.05, 0.1) is 10.8 Å². The Kier molecular flexibility index (Phi) is 6.05.